The number of rotatable bonds is 4. The molecule has 0 radical (unpaired) electrons. The molecule has 2 atom stereocenters. The molecule has 0 bridgehead atoms. The Balaban J connectivity index is 2.02. The molecule has 3 rings (SSSR count). The van der Waals surface area contributed by atoms with Gasteiger partial charge in [-0.25, -0.2) is 4.39 Å². The minimum absolute atomic E-state index is 0.236. The molecule has 27 heavy (non-hydrogen) atoms. The van der Waals surface area contributed by atoms with Gasteiger partial charge in [0, 0.05) is 35.9 Å². The highest BCUT2D eigenvalue weighted by molar-refractivity contribution is 6.04. The fourth-order valence-corrected chi connectivity index (χ4v) is 3.37. The lowest BCUT2D eigenvalue weighted by Gasteiger charge is -2.33. The first-order valence-electron chi connectivity index (χ1n) is 8.44. The van der Waals surface area contributed by atoms with Crippen LogP contribution in [0.15, 0.2) is 29.6 Å². The Morgan fingerprint density at radius 3 is 2.78 bits per heavy atom. The Kier molecular flexibility index (Phi) is 5.18. The number of alkyl halides is 4. The maximum absolute atomic E-state index is 14.4. The molecular weight excluding hydrogens is 366 g/mol. The van der Waals surface area contributed by atoms with Crippen molar-refractivity contribution in [3.05, 3.63) is 30.0 Å². The van der Waals surface area contributed by atoms with Crippen molar-refractivity contribution in [2.45, 2.75) is 31.4 Å². The van der Waals surface area contributed by atoms with E-state index in [-0.39, 0.29) is 23.5 Å². The molecule has 1 fully saturated rings. The summed E-state index contributed by atoms with van der Waals surface area (Å²) < 4.78 is 54.0. The van der Waals surface area contributed by atoms with Crippen molar-refractivity contribution in [1.29, 1.82) is 0 Å². The average molecular weight is 387 g/mol. The highest BCUT2D eigenvalue weighted by Gasteiger charge is 2.30. The summed E-state index contributed by atoms with van der Waals surface area (Å²) in [6.45, 7) is -0.193. The topological polar surface area (TPSA) is 78.8 Å². The van der Waals surface area contributed by atoms with Crippen LogP contribution in [-0.2, 0) is 6.54 Å². The molecule has 0 spiro atoms. The number of halogens is 4. The van der Waals surface area contributed by atoms with Gasteiger partial charge in [-0.2, -0.15) is 13.2 Å². The summed E-state index contributed by atoms with van der Waals surface area (Å²) in [5.41, 5.74) is 6.60. The van der Waals surface area contributed by atoms with Gasteiger partial charge in [-0.1, -0.05) is 5.16 Å². The van der Waals surface area contributed by atoms with Crippen molar-refractivity contribution < 1.29 is 22.8 Å². The molecule has 2 aromatic rings. The van der Waals surface area contributed by atoms with Gasteiger partial charge >= 0.3 is 6.18 Å². The van der Waals surface area contributed by atoms with Crippen molar-refractivity contribution in [2.24, 2.45) is 10.9 Å². The summed E-state index contributed by atoms with van der Waals surface area (Å²) in [6.07, 6.45) is -3.65. The third-order valence-corrected chi connectivity index (χ3v) is 4.73. The van der Waals surface area contributed by atoms with Crippen molar-refractivity contribution in [2.75, 3.05) is 25.5 Å². The maximum Gasteiger partial charge on any atom is 0.406 e. The number of nitrogens with two attached hydrogens (primary N) is 1. The molecule has 2 heterocycles. The molecule has 148 valence electrons. The highest BCUT2D eigenvalue weighted by Crippen LogP contribution is 2.31. The Hall–Kier alpha value is -2.49. The first-order chi connectivity index (χ1) is 12.7. The molecule has 6 nitrogen and oxygen atoms in total. The number of hydrogen-bond acceptors (Lipinski definition) is 4. The molecule has 4 N–H and O–H groups in total. The Labute approximate surface area is 153 Å². The van der Waals surface area contributed by atoms with E-state index in [0.29, 0.717) is 24.0 Å². The molecule has 0 aliphatic carbocycles. The lowest BCUT2D eigenvalue weighted by atomic mass is 10.0. The summed E-state index contributed by atoms with van der Waals surface area (Å²) in [5, 5.41) is 15.5. The maximum atomic E-state index is 14.4. The Morgan fingerprint density at radius 1 is 1.41 bits per heavy atom. The standard InChI is InChI=1S/C17H21F4N5O/c1-25-4-3-13(12(18)8-25)23-14-6-10(16(22)24-27)7-15-11(14)2-5-26(15)9-17(19,20)21/h2,5-7,12-13,23,27H,3-4,8-9H2,1H3,(H2,22,24). The van der Waals surface area contributed by atoms with E-state index >= 15 is 0 Å². The van der Waals surface area contributed by atoms with Crippen LogP contribution >= 0.6 is 0 Å². The molecule has 1 aliphatic rings. The summed E-state index contributed by atoms with van der Waals surface area (Å²) in [6, 6.07) is 4.04. The van der Waals surface area contributed by atoms with Gasteiger partial charge in [0.25, 0.3) is 0 Å². The molecule has 1 saturated heterocycles. The van der Waals surface area contributed by atoms with E-state index in [1.807, 2.05) is 11.9 Å². The van der Waals surface area contributed by atoms with E-state index in [0.717, 1.165) is 4.57 Å². The lowest BCUT2D eigenvalue weighted by molar-refractivity contribution is -0.139. The van der Waals surface area contributed by atoms with Crippen LogP contribution < -0.4 is 11.1 Å². The number of piperidine rings is 1. The summed E-state index contributed by atoms with van der Waals surface area (Å²) >= 11 is 0. The minimum Gasteiger partial charge on any atom is -0.409 e. The zero-order chi connectivity index (χ0) is 19.8. The second-order valence-corrected chi connectivity index (χ2v) is 6.82. The highest BCUT2D eigenvalue weighted by atomic mass is 19.4. The zero-order valence-corrected chi connectivity index (χ0v) is 14.7. The van der Waals surface area contributed by atoms with Gasteiger partial charge in [-0.05, 0) is 31.7 Å². The minimum atomic E-state index is -4.40. The fourth-order valence-electron chi connectivity index (χ4n) is 3.37. The molecule has 1 aliphatic heterocycles. The smallest absolute Gasteiger partial charge is 0.406 e. The molecule has 2 unspecified atom stereocenters. The first-order valence-corrected chi connectivity index (χ1v) is 8.44. The zero-order valence-electron chi connectivity index (χ0n) is 14.7. The number of fused-ring (bicyclic) bond motifs is 1. The number of hydrogen-bond donors (Lipinski definition) is 3. The van der Waals surface area contributed by atoms with Gasteiger partial charge in [0.1, 0.15) is 12.7 Å². The summed E-state index contributed by atoms with van der Waals surface area (Å²) in [7, 11) is 1.83. The monoisotopic (exact) mass is 387 g/mol. The second kappa shape index (κ2) is 7.26. The van der Waals surface area contributed by atoms with Gasteiger partial charge in [-0.15, -0.1) is 0 Å². The molecule has 1 aromatic heterocycles. The van der Waals surface area contributed by atoms with E-state index in [9.17, 15) is 17.6 Å². The molecule has 0 amide bonds. The van der Waals surface area contributed by atoms with Gasteiger partial charge in [0.15, 0.2) is 5.84 Å². The van der Waals surface area contributed by atoms with Gasteiger partial charge < -0.3 is 25.7 Å². The molecule has 10 heteroatoms. The normalized spacial score (nSPS) is 22.3. The van der Waals surface area contributed by atoms with E-state index in [4.69, 9.17) is 10.9 Å². The molecule has 0 saturated carbocycles. The number of benzene rings is 1. The second-order valence-electron chi connectivity index (χ2n) is 6.82. The van der Waals surface area contributed by atoms with Gasteiger partial charge in [0.05, 0.1) is 11.6 Å². The number of amidine groups is 1. The van der Waals surface area contributed by atoms with Crippen molar-refractivity contribution in [3.63, 3.8) is 0 Å². The van der Waals surface area contributed by atoms with E-state index in [1.54, 1.807) is 12.1 Å². The van der Waals surface area contributed by atoms with Gasteiger partial charge in [-0.3, -0.25) is 0 Å². The summed E-state index contributed by atoms with van der Waals surface area (Å²) in [4.78, 5) is 1.88. The predicted molar refractivity (Wildman–Crippen MR) is 94.9 cm³/mol. The third-order valence-electron chi connectivity index (χ3n) is 4.73. The number of likely N-dealkylation sites (tertiary alicyclic amines) is 1. The predicted octanol–water partition coefficient (Wildman–Crippen LogP) is 2.75. The van der Waals surface area contributed by atoms with E-state index < -0.39 is 24.9 Å². The van der Waals surface area contributed by atoms with E-state index in [2.05, 4.69) is 10.5 Å². The lowest BCUT2D eigenvalue weighted by Crippen LogP contribution is -2.46. The number of nitrogens with zero attached hydrogens (tertiary/aromatic N) is 3. The number of oxime groups is 1. The SMILES string of the molecule is CN1CCC(Nc2cc(C(N)=NO)cc3c2ccn3CC(F)(F)F)C(F)C1. The number of anilines is 1. The molecular formula is C17H21F4N5O. The van der Waals surface area contributed by atoms with Crippen molar-refractivity contribution in [1.82, 2.24) is 9.47 Å². The number of aromatic nitrogens is 1. The van der Waals surface area contributed by atoms with Crippen LogP contribution in [0.5, 0.6) is 0 Å². The third kappa shape index (κ3) is 4.26. The largest absolute Gasteiger partial charge is 0.409 e. The van der Waals surface area contributed by atoms with Crippen molar-refractivity contribution >= 4 is 22.4 Å². The quantitative estimate of drug-likeness (QED) is 0.248. The Bertz CT molecular complexity index is 848. The van der Waals surface area contributed by atoms with Crippen LogP contribution in [0.3, 0.4) is 0 Å². The fraction of sp³-hybridized carbons (Fsp3) is 0.471. The average Bonchev–Trinajstić information content (AvgIpc) is 2.98. The summed E-state index contributed by atoms with van der Waals surface area (Å²) in [5.74, 6) is -0.236. The Morgan fingerprint density at radius 2 is 2.15 bits per heavy atom. The molecule has 1 aromatic carbocycles. The van der Waals surface area contributed by atoms with Crippen LogP contribution in [0.4, 0.5) is 23.2 Å². The van der Waals surface area contributed by atoms with Crippen LogP contribution in [-0.4, -0.2) is 59.0 Å². The van der Waals surface area contributed by atoms with Crippen LogP contribution in [0, 0.1) is 0 Å². The van der Waals surface area contributed by atoms with Gasteiger partial charge in [0.2, 0.25) is 0 Å². The van der Waals surface area contributed by atoms with Crippen LogP contribution in [0.25, 0.3) is 10.9 Å². The van der Waals surface area contributed by atoms with Crippen LogP contribution in [0.2, 0.25) is 0 Å². The van der Waals surface area contributed by atoms with Crippen molar-refractivity contribution in [3.8, 4) is 0 Å². The van der Waals surface area contributed by atoms with E-state index in [1.165, 1.54) is 12.3 Å². The first kappa shape index (κ1) is 19.3. The van der Waals surface area contributed by atoms with Crippen LogP contribution in [0.1, 0.15) is 12.0 Å². The number of nitrogens with one attached hydrogen (secondary N) is 1.